The van der Waals surface area contributed by atoms with Crippen LogP contribution in [-0.4, -0.2) is 30.8 Å². The van der Waals surface area contributed by atoms with Crippen molar-refractivity contribution in [3.8, 4) is 5.75 Å². The lowest BCUT2D eigenvalue weighted by Crippen LogP contribution is -2.38. The second kappa shape index (κ2) is 7.01. The van der Waals surface area contributed by atoms with E-state index in [1.54, 1.807) is 31.4 Å². The summed E-state index contributed by atoms with van der Waals surface area (Å²) in [6.07, 6.45) is 0.762. The lowest BCUT2D eigenvalue weighted by atomic mass is 10.0. The Labute approximate surface area is 108 Å². The van der Waals surface area contributed by atoms with E-state index in [1.165, 1.54) is 0 Å². The normalized spacial score (nSPS) is 12.3. The first-order valence-electron chi connectivity index (χ1n) is 6.12. The van der Waals surface area contributed by atoms with Crippen LogP contribution >= 0.6 is 0 Å². The highest BCUT2D eigenvalue weighted by molar-refractivity contribution is 5.94. The Morgan fingerprint density at radius 3 is 2.39 bits per heavy atom. The molecular weight excluding hydrogens is 230 g/mol. The molecule has 0 fully saturated rings. The summed E-state index contributed by atoms with van der Waals surface area (Å²) in [7, 11) is 1.58. The molecule has 0 radical (unpaired) electrons. The van der Waals surface area contributed by atoms with E-state index in [4.69, 9.17) is 4.74 Å². The SMILES string of the molecule is COc1ccc(C(=O)NC(CO)CC(C)C)cc1. The van der Waals surface area contributed by atoms with Crippen LogP contribution in [0.4, 0.5) is 0 Å². The molecule has 100 valence electrons. The molecule has 18 heavy (non-hydrogen) atoms. The highest BCUT2D eigenvalue weighted by Gasteiger charge is 2.14. The Kier molecular flexibility index (Phi) is 5.65. The summed E-state index contributed by atoms with van der Waals surface area (Å²) in [4.78, 5) is 11.9. The predicted molar refractivity (Wildman–Crippen MR) is 70.8 cm³/mol. The second-order valence-electron chi connectivity index (χ2n) is 4.71. The molecule has 0 heterocycles. The molecule has 0 aliphatic heterocycles. The molecule has 1 rings (SSSR count). The van der Waals surface area contributed by atoms with Crippen molar-refractivity contribution in [2.24, 2.45) is 5.92 Å². The molecule has 4 nitrogen and oxygen atoms in total. The zero-order valence-corrected chi connectivity index (χ0v) is 11.1. The molecule has 0 aromatic heterocycles. The van der Waals surface area contributed by atoms with E-state index < -0.39 is 0 Å². The third kappa shape index (κ3) is 4.37. The van der Waals surface area contributed by atoms with Crippen molar-refractivity contribution in [2.75, 3.05) is 13.7 Å². The summed E-state index contributed by atoms with van der Waals surface area (Å²) in [6.45, 7) is 4.07. The fraction of sp³-hybridized carbons (Fsp3) is 0.500. The van der Waals surface area contributed by atoms with Gasteiger partial charge in [-0.3, -0.25) is 4.79 Å². The van der Waals surface area contributed by atoms with Gasteiger partial charge in [-0.2, -0.15) is 0 Å². The lowest BCUT2D eigenvalue weighted by molar-refractivity contribution is 0.0908. The topological polar surface area (TPSA) is 58.6 Å². The number of aliphatic hydroxyl groups is 1. The third-order valence-corrected chi connectivity index (χ3v) is 2.66. The van der Waals surface area contributed by atoms with E-state index >= 15 is 0 Å². The second-order valence-corrected chi connectivity index (χ2v) is 4.71. The van der Waals surface area contributed by atoms with Gasteiger partial charge >= 0.3 is 0 Å². The van der Waals surface area contributed by atoms with Gasteiger partial charge in [0.2, 0.25) is 0 Å². The standard InChI is InChI=1S/C14H21NO3/c1-10(2)8-12(9-16)15-14(17)11-4-6-13(18-3)7-5-11/h4-7,10,12,16H,8-9H2,1-3H3,(H,15,17). The predicted octanol–water partition coefficient (Wildman–Crippen LogP) is 1.83. The number of ether oxygens (including phenoxy) is 1. The fourth-order valence-electron chi connectivity index (χ4n) is 1.76. The minimum atomic E-state index is -0.195. The minimum absolute atomic E-state index is 0.0416. The summed E-state index contributed by atoms with van der Waals surface area (Å²) in [5.74, 6) is 0.975. The lowest BCUT2D eigenvalue weighted by Gasteiger charge is -2.18. The Bertz CT molecular complexity index is 373. The van der Waals surface area contributed by atoms with Crippen molar-refractivity contribution in [3.63, 3.8) is 0 Å². The largest absolute Gasteiger partial charge is 0.497 e. The van der Waals surface area contributed by atoms with E-state index in [-0.39, 0.29) is 18.6 Å². The fourth-order valence-corrected chi connectivity index (χ4v) is 1.76. The third-order valence-electron chi connectivity index (χ3n) is 2.66. The number of hydrogen-bond donors (Lipinski definition) is 2. The van der Waals surface area contributed by atoms with Crippen LogP contribution in [0.3, 0.4) is 0 Å². The molecule has 1 unspecified atom stereocenters. The summed E-state index contributed by atoms with van der Waals surface area (Å²) in [5.41, 5.74) is 0.568. The van der Waals surface area contributed by atoms with Crippen LogP contribution in [0, 0.1) is 5.92 Å². The van der Waals surface area contributed by atoms with Gasteiger partial charge in [-0.05, 0) is 36.6 Å². The van der Waals surface area contributed by atoms with Crippen LogP contribution in [0.2, 0.25) is 0 Å². The van der Waals surface area contributed by atoms with Crippen molar-refractivity contribution in [2.45, 2.75) is 26.3 Å². The highest BCUT2D eigenvalue weighted by Crippen LogP contribution is 2.12. The van der Waals surface area contributed by atoms with Crippen LogP contribution in [0.25, 0.3) is 0 Å². The van der Waals surface area contributed by atoms with Crippen molar-refractivity contribution in [1.29, 1.82) is 0 Å². The van der Waals surface area contributed by atoms with Gasteiger partial charge in [0.05, 0.1) is 19.8 Å². The number of hydrogen-bond acceptors (Lipinski definition) is 3. The molecule has 1 atom stereocenters. The Morgan fingerprint density at radius 1 is 1.33 bits per heavy atom. The van der Waals surface area contributed by atoms with Crippen LogP contribution in [0.15, 0.2) is 24.3 Å². The van der Waals surface area contributed by atoms with Crippen LogP contribution in [0.5, 0.6) is 5.75 Å². The maximum atomic E-state index is 11.9. The highest BCUT2D eigenvalue weighted by atomic mass is 16.5. The Balaban J connectivity index is 2.62. The summed E-state index contributed by atoms with van der Waals surface area (Å²) in [5, 5.41) is 12.0. The first kappa shape index (κ1) is 14.5. The summed E-state index contributed by atoms with van der Waals surface area (Å²) < 4.78 is 5.03. The molecule has 0 aliphatic rings. The number of carbonyl (C=O) groups excluding carboxylic acids is 1. The number of amides is 1. The minimum Gasteiger partial charge on any atom is -0.497 e. The van der Waals surface area contributed by atoms with Gasteiger partial charge in [-0.1, -0.05) is 13.8 Å². The van der Waals surface area contributed by atoms with E-state index in [0.29, 0.717) is 17.2 Å². The van der Waals surface area contributed by atoms with Crippen molar-refractivity contribution >= 4 is 5.91 Å². The maximum absolute atomic E-state index is 11.9. The van der Waals surface area contributed by atoms with Crippen molar-refractivity contribution in [1.82, 2.24) is 5.32 Å². The van der Waals surface area contributed by atoms with Crippen molar-refractivity contribution in [3.05, 3.63) is 29.8 Å². The molecule has 1 amide bonds. The van der Waals surface area contributed by atoms with Gasteiger partial charge in [0, 0.05) is 5.56 Å². The summed E-state index contributed by atoms with van der Waals surface area (Å²) >= 11 is 0. The first-order valence-corrected chi connectivity index (χ1v) is 6.12. The van der Waals surface area contributed by atoms with Crippen LogP contribution in [0.1, 0.15) is 30.6 Å². The number of aliphatic hydroxyl groups excluding tert-OH is 1. The number of nitrogens with one attached hydrogen (secondary N) is 1. The van der Waals surface area contributed by atoms with Gasteiger partial charge in [0.25, 0.3) is 5.91 Å². The number of benzene rings is 1. The van der Waals surface area contributed by atoms with Gasteiger partial charge in [0.15, 0.2) is 0 Å². The van der Waals surface area contributed by atoms with E-state index in [9.17, 15) is 9.90 Å². The van der Waals surface area contributed by atoms with Gasteiger partial charge in [-0.15, -0.1) is 0 Å². The molecule has 0 saturated heterocycles. The molecular formula is C14H21NO3. The Morgan fingerprint density at radius 2 is 1.94 bits per heavy atom. The van der Waals surface area contributed by atoms with Gasteiger partial charge in [-0.25, -0.2) is 0 Å². The quantitative estimate of drug-likeness (QED) is 0.811. The molecule has 1 aromatic carbocycles. The van der Waals surface area contributed by atoms with Crippen LogP contribution in [-0.2, 0) is 0 Å². The molecule has 0 spiro atoms. The maximum Gasteiger partial charge on any atom is 0.251 e. The van der Waals surface area contributed by atoms with E-state index in [0.717, 1.165) is 6.42 Å². The average molecular weight is 251 g/mol. The first-order chi connectivity index (χ1) is 8.56. The number of rotatable bonds is 6. The summed E-state index contributed by atoms with van der Waals surface area (Å²) in [6, 6.07) is 6.70. The molecule has 1 aromatic rings. The van der Waals surface area contributed by atoms with E-state index in [2.05, 4.69) is 19.2 Å². The van der Waals surface area contributed by atoms with E-state index in [1.807, 2.05) is 0 Å². The smallest absolute Gasteiger partial charge is 0.251 e. The number of methoxy groups -OCH3 is 1. The van der Waals surface area contributed by atoms with Crippen LogP contribution < -0.4 is 10.1 Å². The Hall–Kier alpha value is -1.55. The van der Waals surface area contributed by atoms with Crippen molar-refractivity contribution < 1.29 is 14.6 Å². The van der Waals surface area contributed by atoms with Gasteiger partial charge < -0.3 is 15.2 Å². The van der Waals surface area contributed by atoms with Gasteiger partial charge in [0.1, 0.15) is 5.75 Å². The molecule has 0 aliphatic carbocycles. The number of carbonyl (C=O) groups is 1. The zero-order valence-electron chi connectivity index (χ0n) is 11.1. The monoisotopic (exact) mass is 251 g/mol. The molecule has 0 saturated carbocycles. The average Bonchev–Trinajstić information content (AvgIpc) is 2.37. The zero-order chi connectivity index (χ0) is 13.5. The molecule has 4 heteroatoms. The molecule has 2 N–H and O–H groups in total. The molecule has 0 bridgehead atoms.